The molecule has 8 nitrogen and oxygen atoms in total. The van der Waals surface area contributed by atoms with Gasteiger partial charge in [-0.05, 0) is 36.5 Å². The molecule has 0 rings (SSSR count). The third kappa shape index (κ3) is 15.0. The van der Waals surface area contributed by atoms with Crippen molar-refractivity contribution in [1.82, 2.24) is 10.6 Å². The lowest BCUT2D eigenvalue weighted by atomic mass is 9.84. The van der Waals surface area contributed by atoms with Crippen LogP contribution in [-0.2, 0) is 19.1 Å². The van der Waals surface area contributed by atoms with E-state index in [0.717, 1.165) is 12.8 Å². The van der Waals surface area contributed by atoms with Gasteiger partial charge in [-0.25, -0.2) is 0 Å². The van der Waals surface area contributed by atoms with Crippen LogP contribution in [0.5, 0.6) is 0 Å². The van der Waals surface area contributed by atoms with Gasteiger partial charge in [0.25, 0.3) is 0 Å². The summed E-state index contributed by atoms with van der Waals surface area (Å²) in [6.45, 7) is 10.5. The van der Waals surface area contributed by atoms with E-state index in [-0.39, 0.29) is 22.6 Å². The molecular formula is C20H34N4O4. The number of carbonyl (C=O) groups excluding carboxylic acids is 2. The Balaban J connectivity index is 3.73. The van der Waals surface area contributed by atoms with Crippen LogP contribution in [0.2, 0.25) is 0 Å². The van der Waals surface area contributed by atoms with Gasteiger partial charge in [-0.2, -0.15) is 10.5 Å². The van der Waals surface area contributed by atoms with E-state index < -0.39 is 0 Å². The lowest BCUT2D eigenvalue weighted by Gasteiger charge is -2.24. The van der Waals surface area contributed by atoms with Gasteiger partial charge in [0.2, 0.25) is 11.8 Å². The predicted molar refractivity (Wildman–Crippen MR) is 104 cm³/mol. The molecule has 0 radical (unpaired) electrons. The Kier molecular flexibility index (Phi) is 12.9. The molecule has 28 heavy (non-hydrogen) atoms. The Hall–Kier alpha value is -2.16. The highest BCUT2D eigenvalue weighted by Gasteiger charge is 2.20. The zero-order valence-corrected chi connectivity index (χ0v) is 17.6. The molecule has 158 valence electrons. The van der Waals surface area contributed by atoms with Crippen LogP contribution in [0.25, 0.3) is 0 Å². The molecule has 0 bridgehead atoms. The third-order valence-electron chi connectivity index (χ3n) is 4.67. The van der Waals surface area contributed by atoms with Crippen molar-refractivity contribution in [2.75, 3.05) is 26.4 Å². The average Bonchev–Trinajstić information content (AvgIpc) is 2.61. The van der Waals surface area contributed by atoms with Gasteiger partial charge in [0.05, 0.1) is 13.2 Å². The van der Waals surface area contributed by atoms with Crippen LogP contribution in [0, 0.1) is 33.7 Å². The van der Waals surface area contributed by atoms with Gasteiger partial charge in [-0.3, -0.25) is 20.2 Å². The van der Waals surface area contributed by atoms with Crippen molar-refractivity contribution in [3.63, 3.8) is 0 Å². The molecule has 2 N–H and O–H groups in total. The molecule has 0 aromatic heterocycles. The topological polar surface area (TPSA) is 124 Å². The van der Waals surface area contributed by atoms with Crippen LogP contribution in [0.15, 0.2) is 0 Å². The normalized spacial score (nSPS) is 11.4. The summed E-state index contributed by atoms with van der Waals surface area (Å²) in [6, 6.07) is 0. The van der Waals surface area contributed by atoms with Crippen molar-refractivity contribution < 1.29 is 19.1 Å². The van der Waals surface area contributed by atoms with Crippen LogP contribution in [-0.4, -0.2) is 38.2 Å². The summed E-state index contributed by atoms with van der Waals surface area (Å²) < 4.78 is 11.2. The Morgan fingerprint density at radius 1 is 0.714 bits per heavy atom. The summed E-state index contributed by atoms with van der Waals surface area (Å²) in [4.78, 5) is 22.7. The molecule has 8 heteroatoms. The number of nitriles is 2. The van der Waals surface area contributed by atoms with E-state index in [9.17, 15) is 9.59 Å². The second-order valence-corrected chi connectivity index (χ2v) is 8.37. The van der Waals surface area contributed by atoms with Gasteiger partial charge >= 0.3 is 0 Å². The van der Waals surface area contributed by atoms with Crippen LogP contribution in [0.3, 0.4) is 0 Å². The molecule has 0 heterocycles. The third-order valence-corrected chi connectivity index (χ3v) is 4.67. The number of hydrogen-bond donors (Lipinski definition) is 2. The van der Waals surface area contributed by atoms with Crippen LogP contribution in [0.1, 0.15) is 66.2 Å². The van der Waals surface area contributed by atoms with Crippen molar-refractivity contribution in [2.45, 2.75) is 66.2 Å². The molecule has 2 amide bonds. The smallest absolute Gasteiger partial charge is 0.232 e. The number of nitrogens with zero attached hydrogens (tertiary/aromatic N) is 2. The van der Waals surface area contributed by atoms with Crippen molar-refractivity contribution in [3.05, 3.63) is 0 Å². The van der Waals surface area contributed by atoms with Crippen molar-refractivity contribution in [2.24, 2.45) is 10.8 Å². The summed E-state index contributed by atoms with van der Waals surface area (Å²) in [6.07, 6.45) is 6.98. The van der Waals surface area contributed by atoms with Gasteiger partial charge in [0.1, 0.15) is 0 Å². The fraction of sp³-hybridized carbons (Fsp3) is 0.800. The van der Waals surface area contributed by atoms with E-state index in [1.807, 2.05) is 0 Å². The molecule has 0 aliphatic rings. The fourth-order valence-corrected chi connectivity index (χ4v) is 2.42. The number of ether oxygens (including phenoxy) is 2. The zero-order valence-electron chi connectivity index (χ0n) is 17.6. The molecule has 0 unspecified atom stereocenters. The first-order valence-corrected chi connectivity index (χ1v) is 9.63. The summed E-state index contributed by atoms with van der Waals surface area (Å²) in [5, 5.41) is 21.1. The first-order valence-electron chi connectivity index (χ1n) is 9.63. The maximum atomic E-state index is 11.3. The van der Waals surface area contributed by atoms with Gasteiger partial charge in [0, 0.05) is 26.1 Å². The monoisotopic (exact) mass is 394 g/mol. The maximum absolute atomic E-state index is 11.3. The molecule has 0 saturated carbocycles. The van der Waals surface area contributed by atoms with Crippen molar-refractivity contribution in [3.8, 4) is 12.4 Å². The van der Waals surface area contributed by atoms with Crippen molar-refractivity contribution >= 4 is 11.8 Å². The van der Waals surface area contributed by atoms with E-state index in [0.29, 0.717) is 52.1 Å². The number of hydrogen-bond acceptors (Lipinski definition) is 6. The molecule has 0 aliphatic carbocycles. The van der Waals surface area contributed by atoms with E-state index in [4.69, 9.17) is 20.0 Å². The zero-order chi connectivity index (χ0) is 21.5. The SMILES string of the molecule is CC(C)(CCOCCOCCC(C)(C)CCC(=O)NC#N)CCC(=O)NC#N. The number of rotatable bonds is 15. The molecule has 0 aromatic carbocycles. The van der Waals surface area contributed by atoms with Crippen LogP contribution in [0.4, 0.5) is 0 Å². The molecule has 0 aliphatic heterocycles. The summed E-state index contributed by atoms with van der Waals surface area (Å²) in [5.74, 6) is -0.503. The highest BCUT2D eigenvalue weighted by Crippen LogP contribution is 2.27. The van der Waals surface area contributed by atoms with Gasteiger partial charge in [-0.1, -0.05) is 27.7 Å². The average molecular weight is 395 g/mol. The summed E-state index contributed by atoms with van der Waals surface area (Å²) >= 11 is 0. The maximum Gasteiger partial charge on any atom is 0.232 e. The fourth-order valence-electron chi connectivity index (χ4n) is 2.42. The Labute approximate surface area is 168 Å². The first kappa shape index (κ1) is 25.8. The Morgan fingerprint density at radius 2 is 1.07 bits per heavy atom. The lowest BCUT2D eigenvalue weighted by Crippen LogP contribution is -2.22. The van der Waals surface area contributed by atoms with Crippen LogP contribution >= 0.6 is 0 Å². The standard InChI is InChI=1S/C20H34N4O4/c1-19(2,7-5-17(25)23-15-21)9-11-27-13-14-28-12-10-20(3,4)8-6-18(26)24-16-22/h5-14H2,1-4H3,(H,23,25)(H,24,26). The number of amides is 2. The second-order valence-electron chi connectivity index (χ2n) is 8.37. The Morgan fingerprint density at radius 3 is 1.39 bits per heavy atom. The quantitative estimate of drug-likeness (QED) is 0.250. The molecular weight excluding hydrogens is 360 g/mol. The lowest BCUT2D eigenvalue weighted by molar-refractivity contribution is -0.121. The van der Waals surface area contributed by atoms with Gasteiger partial charge in [0.15, 0.2) is 12.4 Å². The predicted octanol–water partition coefficient (Wildman–Crippen LogP) is 2.61. The molecule has 0 aromatic rings. The summed E-state index contributed by atoms with van der Waals surface area (Å²) in [7, 11) is 0. The van der Waals surface area contributed by atoms with E-state index in [1.165, 1.54) is 0 Å². The number of nitrogens with one attached hydrogen (secondary N) is 2. The van der Waals surface area contributed by atoms with Crippen molar-refractivity contribution in [1.29, 1.82) is 10.5 Å². The summed E-state index contributed by atoms with van der Waals surface area (Å²) in [5.41, 5.74) is -0.0645. The van der Waals surface area contributed by atoms with E-state index in [2.05, 4.69) is 38.3 Å². The minimum atomic E-state index is -0.251. The number of carbonyl (C=O) groups is 2. The molecule has 0 saturated heterocycles. The van der Waals surface area contributed by atoms with Crippen LogP contribution < -0.4 is 10.6 Å². The first-order chi connectivity index (χ1) is 13.1. The van der Waals surface area contributed by atoms with Gasteiger partial charge in [-0.15, -0.1) is 0 Å². The highest BCUT2D eigenvalue weighted by molar-refractivity contribution is 5.77. The highest BCUT2D eigenvalue weighted by atomic mass is 16.5. The Bertz CT molecular complexity index is 512. The minimum Gasteiger partial charge on any atom is -0.379 e. The largest absolute Gasteiger partial charge is 0.379 e. The van der Waals surface area contributed by atoms with E-state index >= 15 is 0 Å². The van der Waals surface area contributed by atoms with Gasteiger partial charge < -0.3 is 9.47 Å². The van der Waals surface area contributed by atoms with E-state index in [1.54, 1.807) is 12.4 Å². The molecule has 0 spiro atoms. The second kappa shape index (κ2) is 13.9. The molecule has 0 fully saturated rings. The molecule has 0 atom stereocenters. The minimum absolute atomic E-state index is 0.0322.